The van der Waals surface area contributed by atoms with Crippen LogP contribution in [0.5, 0.6) is 0 Å². The first-order valence-electron chi connectivity index (χ1n) is 4.27. The lowest BCUT2D eigenvalue weighted by Gasteiger charge is -2.15. The molecular weight excluding hydrogens is 168 g/mol. The Kier molecular flexibility index (Phi) is 2.70. The summed E-state index contributed by atoms with van der Waals surface area (Å²) >= 11 is 0. The molecule has 1 aromatic rings. The number of rotatable bonds is 2. The van der Waals surface area contributed by atoms with Crippen molar-refractivity contribution in [3.8, 4) is 0 Å². The predicted molar refractivity (Wildman–Crippen MR) is 49.7 cm³/mol. The third-order valence-corrected chi connectivity index (χ3v) is 2.01. The van der Waals surface area contributed by atoms with Crippen LogP contribution in [0, 0.1) is 13.8 Å². The van der Waals surface area contributed by atoms with E-state index in [1.807, 2.05) is 13.8 Å². The van der Waals surface area contributed by atoms with Crippen LogP contribution in [0.15, 0.2) is 4.52 Å². The second-order valence-corrected chi connectivity index (χ2v) is 2.98. The first-order chi connectivity index (χ1) is 6.07. The van der Waals surface area contributed by atoms with E-state index < -0.39 is 0 Å². The van der Waals surface area contributed by atoms with Gasteiger partial charge in [0.15, 0.2) is 5.76 Å². The molecule has 4 nitrogen and oxygen atoms in total. The van der Waals surface area contributed by atoms with Gasteiger partial charge in [-0.05, 0) is 13.8 Å². The summed E-state index contributed by atoms with van der Waals surface area (Å²) in [6.45, 7) is 5.46. The zero-order chi connectivity index (χ0) is 10.0. The summed E-state index contributed by atoms with van der Waals surface area (Å²) in [7, 11) is 1.73. The van der Waals surface area contributed by atoms with Gasteiger partial charge in [-0.1, -0.05) is 12.1 Å². The largest absolute Gasteiger partial charge is 0.359 e. The Morgan fingerprint density at radius 1 is 1.54 bits per heavy atom. The van der Waals surface area contributed by atoms with Crippen molar-refractivity contribution < 1.29 is 9.32 Å². The highest BCUT2D eigenvalue weighted by atomic mass is 16.5. The van der Waals surface area contributed by atoms with Crippen LogP contribution in [-0.2, 0) is 4.79 Å². The van der Waals surface area contributed by atoms with Gasteiger partial charge in [-0.15, -0.1) is 0 Å². The van der Waals surface area contributed by atoms with Gasteiger partial charge in [-0.25, -0.2) is 0 Å². The smallest absolute Gasteiger partial charge is 0.226 e. The molecule has 0 saturated heterocycles. The number of amides is 1. The highest BCUT2D eigenvalue weighted by Crippen LogP contribution is 2.23. The molecule has 0 aromatic carbocycles. The molecule has 0 unspecified atom stereocenters. The molecule has 72 valence electrons. The number of nitrogens with zero attached hydrogens (tertiary/aromatic N) is 2. The summed E-state index contributed by atoms with van der Waals surface area (Å²) < 4.78 is 4.97. The minimum atomic E-state index is 0.0643. The van der Waals surface area contributed by atoms with Gasteiger partial charge in [0.2, 0.25) is 5.91 Å². The van der Waals surface area contributed by atoms with Crippen molar-refractivity contribution in [3.05, 3.63) is 11.5 Å². The second-order valence-electron chi connectivity index (χ2n) is 2.98. The average molecular weight is 182 g/mol. The number of aryl methyl sites for hydroxylation is 2. The van der Waals surface area contributed by atoms with E-state index in [1.54, 1.807) is 18.9 Å². The van der Waals surface area contributed by atoms with E-state index in [9.17, 15) is 4.79 Å². The maximum atomic E-state index is 11.4. The maximum absolute atomic E-state index is 11.4. The van der Waals surface area contributed by atoms with Gasteiger partial charge in [-0.2, -0.15) is 0 Å². The fraction of sp³-hybridized carbons (Fsp3) is 0.556. The SMILES string of the molecule is CCC(=O)N(C)c1c(C)noc1C. The van der Waals surface area contributed by atoms with Crippen molar-refractivity contribution in [2.45, 2.75) is 27.2 Å². The molecular formula is C9H14N2O2. The fourth-order valence-electron chi connectivity index (χ4n) is 1.32. The standard InChI is InChI=1S/C9H14N2O2/c1-5-8(12)11(4)9-6(2)10-13-7(9)3/h5H2,1-4H3. The first kappa shape index (κ1) is 9.77. The lowest BCUT2D eigenvalue weighted by atomic mass is 10.3. The van der Waals surface area contributed by atoms with Crippen LogP contribution in [0.2, 0.25) is 0 Å². The van der Waals surface area contributed by atoms with E-state index in [0.717, 1.165) is 11.4 Å². The Hall–Kier alpha value is -1.32. The van der Waals surface area contributed by atoms with E-state index in [4.69, 9.17) is 4.52 Å². The molecule has 4 heteroatoms. The third kappa shape index (κ3) is 1.71. The summed E-state index contributed by atoms with van der Waals surface area (Å²) in [5, 5.41) is 3.79. The molecule has 0 bridgehead atoms. The molecule has 0 aliphatic rings. The molecule has 1 aromatic heterocycles. The Balaban J connectivity index is 3.00. The summed E-state index contributed by atoms with van der Waals surface area (Å²) in [4.78, 5) is 13.0. The second kappa shape index (κ2) is 3.60. The lowest BCUT2D eigenvalue weighted by molar-refractivity contribution is -0.118. The molecule has 1 rings (SSSR count). The number of hydrogen-bond donors (Lipinski definition) is 0. The van der Waals surface area contributed by atoms with Gasteiger partial charge in [0, 0.05) is 13.5 Å². The number of carbonyl (C=O) groups excluding carboxylic acids is 1. The van der Waals surface area contributed by atoms with Crippen LogP contribution in [0.3, 0.4) is 0 Å². The van der Waals surface area contributed by atoms with Gasteiger partial charge in [0.25, 0.3) is 0 Å². The van der Waals surface area contributed by atoms with Crippen LogP contribution >= 0.6 is 0 Å². The van der Waals surface area contributed by atoms with Crippen LogP contribution < -0.4 is 4.90 Å². The Labute approximate surface area is 77.5 Å². The predicted octanol–water partition coefficient (Wildman–Crippen LogP) is 1.66. The van der Waals surface area contributed by atoms with Gasteiger partial charge in [0.05, 0.1) is 0 Å². The summed E-state index contributed by atoms with van der Waals surface area (Å²) in [5.74, 6) is 0.746. The average Bonchev–Trinajstić information content (AvgIpc) is 2.44. The molecule has 0 spiro atoms. The zero-order valence-corrected chi connectivity index (χ0v) is 8.42. The van der Waals surface area contributed by atoms with Crippen LogP contribution in [0.1, 0.15) is 24.8 Å². The lowest BCUT2D eigenvalue weighted by Crippen LogP contribution is -2.25. The maximum Gasteiger partial charge on any atom is 0.226 e. The van der Waals surface area contributed by atoms with E-state index in [2.05, 4.69) is 5.16 Å². The molecule has 0 radical (unpaired) electrons. The summed E-state index contributed by atoms with van der Waals surface area (Å²) in [6, 6.07) is 0. The van der Waals surface area contributed by atoms with Crippen molar-refractivity contribution in [1.29, 1.82) is 0 Å². The molecule has 0 aliphatic carbocycles. The number of carbonyl (C=O) groups is 1. The van der Waals surface area contributed by atoms with Gasteiger partial charge in [0.1, 0.15) is 11.4 Å². The van der Waals surface area contributed by atoms with E-state index in [-0.39, 0.29) is 5.91 Å². The minimum absolute atomic E-state index is 0.0643. The third-order valence-electron chi connectivity index (χ3n) is 2.01. The molecule has 0 saturated carbocycles. The first-order valence-corrected chi connectivity index (χ1v) is 4.27. The van der Waals surface area contributed by atoms with E-state index in [1.165, 1.54) is 0 Å². The topological polar surface area (TPSA) is 46.3 Å². The van der Waals surface area contributed by atoms with Crippen LogP contribution in [-0.4, -0.2) is 18.1 Å². The minimum Gasteiger partial charge on any atom is -0.359 e. The monoisotopic (exact) mass is 182 g/mol. The van der Waals surface area contributed by atoms with E-state index >= 15 is 0 Å². The van der Waals surface area contributed by atoms with E-state index in [0.29, 0.717) is 12.2 Å². The molecule has 1 heterocycles. The molecule has 1 amide bonds. The van der Waals surface area contributed by atoms with Crippen molar-refractivity contribution >= 4 is 11.6 Å². The molecule has 13 heavy (non-hydrogen) atoms. The Bertz CT molecular complexity index is 298. The quantitative estimate of drug-likeness (QED) is 0.698. The summed E-state index contributed by atoms with van der Waals surface area (Å²) in [6.07, 6.45) is 0.487. The van der Waals surface area contributed by atoms with Crippen LogP contribution in [0.25, 0.3) is 0 Å². The molecule has 0 N–H and O–H groups in total. The number of anilines is 1. The molecule has 0 fully saturated rings. The van der Waals surface area contributed by atoms with Crippen molar-refractivity contribution in [1.82, 2.24) is 5.16 Å². The summed E-state index contributed by atoms with van der Waals surface area (Å²) in [5.41, 5.74) is 1.54. The Morgan fingerprint density at radius 2 is 2.15 bits per heavy atom. The van der Waals surface area contributed by atoms with Gasteiger partial charge >= 0.3 is 0 Å². The highest BCUT2D eigenvalue weighted by Gasteiger charge is 2.17. The zero-order valence-electron chi connectivity index (χ0n) is 8.42. The van der Waals surface area contributed by atoms with Crippen molar-refractivity contribution in [2.75, 3.05) is 11.9 Å². The van der Waals surface area contributed by atoms with Crippen molar-refractivity contribution in [2.24, 2.45) is 0 Å². The Morgan fingerprint density at radius 3 is 2.54 bits per heavy atom. The van der Waals surface area contributed by atoms with Crippen LogP contribution in [0.4, 0.5) is 5.69 Å². The van der Waals surface area contributed by atoms with Crippen molar-refractivity contribution in [3.63, 3.8) is 0 Å². The fourth-order valence-corrected chi connectivity index (χ4v) is 1.32. The normalized spacial score (nSPS) is 10.2. The van der Waals surface area contributed by atoms with Gasteiger partial charge < -0.3 is 9.42 Å². The molecule has 0 atom stereocenters. The number of hydrogen-bond acceptors (Lipinski definition) is 3. The number of aromatic nitrogens is 1. The molecule has 0 aliphatic heterocycles. The highest BCUT2D eigenvalue weighted by molar-refractivity contribution is 5.93. The van der Waals surface area contributed by atoms with Gasteiger partial charge in [-0.3, -0.25) is 4.79 Å².